The standard InChI is InChI=1S/C26H22ClNO5/c1-3-33-21-12-7-17(13-15(21)2)24(30)22-23(16-5-4-6-20(29)14-16)28(26(32)25(22)31)19-10-8-18(27)9-11-19/h4-14,23,29-30H,3H2,1-2H3/b24-22-. The average Bonchev–Trinajstić information content (AvgIpc) is 3.06. The summed E-state index contributed by atoms with van der Waals surface area (Å²) in [6, 6.07) is 16.9. The van der Waals surface area contributed by atoms with Gasteiger partial charge in [0.05, 0.1) is 18.2 Å². The van der Waals surface area contributed by atoms with Crippen molar-refractivity contribution in [3.05, 3.63) is 94.0 Å². The summed E-state index contributed by atoms with van der Waals surface area (Å²) in [5.41, 5.74) is 2.02. The van der Waals surface area contributed by atoms with E-state index < -0.39 is 17.7 Å². The Balaban J connectivity index is 1.91. The number of ether oxygens (including phenoxy) is 1. The number of anilines is 1. The first-order valence-electron chi connectivity index (χ1n) is 10.4. The number of Topliss-reactive ketones (excluding diaryl/α,β-unsaturated/α-hetero) is 1. The lowest BCUT2D eigenvalue weighted by atomic mass is 9.94. The van der Waals surface area contributed by atoms with E-state index in [2.05, 4.69) is 0 Å². The van der Waals surface area contributed by atoms with E-state index in [4.69, 9.17) is 16.3 Å². The number of phenols is 1. The van der Waals surface area contributed by atoms with Gasteiger partial charge in [-0.1, -0.05) is 23.7 Å². The van der Waals surface area contributed by atoms with Crippen LogP contribution in [0.3, 0.4) is 0 Å². The number of aliphatic hydroxyl groups excluding tert-OH is 1. The van der Waals surface area contributed by atoms with E-state index in [1.165, 1.54) is 17.0 Å². The highest BCUT2D eigenvalue weighted by Crippen LogP contribution is 2.43. The number of carbonyl (C=O) groups excluding carboxylic acids is 2. The fourth-order valence-electron chi connectivity index (χ4n) is 3.98. The lowest BCUT2D eigenvalue weighted by Crippen LogP contribution is -2.29. The van der Waals surface area contributed by atoms with E-state index >= 15 is 0 Å². The Bertz CT molecular complexity index is 1270. The molecular weight excluding hydrogens is 442 g/mol. The molecule has 1 heterocycles. The maximum absolute atomic E-state index is 13.2. The smallest absolute Gasteiger partial charge is 0.300 e. The van der Waals surface area contributed by atoms with Crippen molar-refractivity contribution in [2.24, 2.45) is 0 Å². The Hall–Kier alpha value is -3.77. The predicted octanol–water partition coefficient (Wildman–Crippen LogP) is 5.38. The quantitative estimate of drug-likeness (QED) is 0.301. The number of amides is 1. The summed E-state index contributed by atoms with van der Waals surface area (Å²) in [7, 11) is 0. The van der Waals surface area contributed by atoms with Gasteiger partial charge in [-0.15, -0.1) is 0 Å². The van der Waals surface area contributed by atoms with E-state index in [9.17, 15) is 19.8 Å². The molecule has 1 atom stereocenters. The van der Waals surface area contributed by atoms with E-state index in [0.29, 0.717) is 34.2 Å². The fraction of sp³-hybridized carbons (Fsp3) is 0.154. The summed E-state index contributed by atoms with van der Waals surface area (Å²) in [6.45, 7) is 4.21. The van der Waals surface area contributed by atoms with Gasteiger partial charge in [0.2, 0.25) is 0 Å². The molecule has 1 amide bonds. The maximum Gasteiger partial charge on any atom is 0.300 e. The number of hydrogen-bond donors (Lipinski definition) is 2. The molecule has 1 unspecified atom stereocenters. The molecule has 1 saturated heterocycles. The largest absolute Gasteiger partial charge is 0.508 e. The first-order valence-corrected chi connectivity index (χ1v) is 10.8. The van der Waals surface area contributed by atoms with Crippen molar-refractivity contribution in [3.8, 4) is 11.5 Å². The number of halogens is 1. The summed E-state index contributed by atoms with van der Waals surface area (Å²) < 4.78 is 5.56. The number of nitrogens with zero attached hydrogens (tertiary/aromatic N) is 1. The molecule has 1 fully saturated rings. The number of hydrogen-bond acceptors (Lipinski definition) is 5. The van der Waals surface area contributed by atoms with Crippen molar-refractivity contribution >= 4 is 34.7 Å². The molecule has 7 heteroatoms. The Morgan fingerprint density at radius 1 is 1.06 bits per heavy atom. The summed E-state index contributed by atoms with van der Waals surface area (Å²) in [6.07, 6.45) is 0. The number of phenolic OH excluding ortho intramolecular Hbond substituents is 1. The minimum absolute atomic E-state index is 0.0221. The highest BCUT2D eigenvalue weighted by Gasteiger charge is 2.47. The second kappa shape index (κ2) is 9.00. The SMILES string of the molecule is CCOc1ccc(/C(O)=C2/C(=O)C(=O)N(c3ccc(Cl)cc3)C2c2cccc(O)c2)cc1C. The average molecular weight is 464 g/mol. The molecule has 0 aromatic heterocycles. The molecule has 1 aliphatic rings. The number of aliphatic hydroxyl groups is 1. The summed E-state index contributed by atoms with van der Waals surface area (Å²) in [5.74, 6) is -1.26. The Morgan fingerprint density at radius 2 is 1.79 bits per heavy atom. The Morgan fingerprint density at radius 3 is 2.42 bits per heavy atom. The molecule has 0 radical (unpaired) electrons. The van der Waals surface area contributed by atoms with Crippen molar-refractivity contribution in [2.45, 2.75) is 19.9 Å². The molecule has 168 valence electrons. The number of ketones is 1. The molecule has 1 aliphatic heterocycles. The van der Waals surface area contributed by atoms with Crippen molar-refractivity contribution in [3.63, 3.8) is 0 Å². The zero-order valence-corrected chi connectivity index (χ0v) is 18.8. The molecule has 0 aliphatic carbocycles. The van der Waals surface area contributed by atoms with Gasteiger partial charge in [0.1, 0.15) is 17.3 Å². The van der Waals surface area contributed by atoms with Gasteiger partial charge in [-0.05, 0) is 79.6 Å². The summed E-state index contributed by atoms with van der Waals surface area (Å²) >= 11 is 6.00. The third-order valence-electron chi connectivity index (χ3n) is 5.48. The van der Waals surface area contributed by atoms with Crippen LogP contribution in [0.5, 0.6) is 11.5 Å². The van der Waals surface area contributed by atoms with E-state index in [1.54, 1.807) is 54.6 Å². The lowest BCUT2D eigenvalue weighted by molar-refractivity contribution is -0.132. The molecule has 2 N–H and O–H groups in total. The molecule has 3 aromatic rings. The Labute approximate surface area is 196 Å². The normalized spacial score (nSPS) is 17.4. The summed E-state index contributed by atoms with van der Waals surface area (Å²) in [5, 5.41) is 21.8. The first-order chi connectivity index (χ1) is 15.8. The van der Waals surface area contributed by atoms with Crippen LogP contribution in [-0.4, -0.2) is 28.5 Å². The van der Waals surface area contributed by atoms with E-state index in [1.807, 2.05) is 13.8 Å². The minimum atomic E-state index is -0.940. The minimum Gasteiger partial charge on any atom is -0.508 e. The van der Waals surface area contributed by atoms with Crippen molar-refractivity contribution < 1.29 is 24.5 Å². The van der Waals surface area contributed by atoms with Crippen LogP contribution in [0.25, 0.3) is 5.76 Å². The molecule has 33 heavy (non-hydrogen) atoms. The monoisotopic (exact) mass is 463 g/mol. The van der Waals surface area contributed by atoms with Gasteiger partial charge in [0.15, 0.2) is 0 Å². The molecule has 4 rings (SSSR count). The zero-order valence-electron chi connectivity index (χ0n) is 18.1. The third-order valence-corrected chi connectivity index (χ3v) is 5.74. The maximum atomic E-state index is 13.2. The van der Waals surface area contributed by atoms with Crippen LogP contribution in [0.4, 0.5) is 5.69 Å². The number of rotatable bonds is 5. The molecule has 6 nitrogen and oxygen atoms in total. The van der Waals surface area contributed by atoms with Crippen LogP contribution in [0.1, 0.15) is 29.7 Å². The van der Waals surface area contributed by atoms with Gasteiger partial charge >= 0.3 is 0 Å². The molecule has 0 spiro atoms. The van der Waals surface area contributed by atoms with Gasteiger partial charge in [0, 0.05) is 16.3 Å². The first kappa shape index (κ1) is 22.4. The lowest BCUT2D eigenvalue weighted by Gasteiger charge is -2.25. The Kier molecular flexibility index (Phi) is 6.11. The van der Waals surface area contributed by atoms with Crippen molar-refractivity contribution in [1.82, 2.24) is 0 Å². The second-order valence-corrected chi connectivity index (χ2v) is 8.09. The van der Waals surface area contributed by atoms with Crippen LogP contribution in [0, 0.1) is 6.92 Å². The van der Waals surface area contributed by atoms with Crippen LogP contribution < -0.4 is 9.64 Å². The topological polar surface area (TPSA) is 87.1 Å². The third kappa shape index (κ3) is 4.17. The number of aromatic hydroxyl groups is 1. The molecule has 0 bridgehead atoms. The number of aryl methyl sites for hydroxylation is 1. The zero-order chi connectivity index (χ0) is 23.7. The molecule has 0 saturated carbocycles. The fourth-order valence-corrected chi connectivity index (χ4v) is 4.11. The highest BCUT2D eigenvalue weighted by atomic mass is 35.5. The molecule has 3 aromatic carbocycles. The van der Waals surface area contributed by atoms with Crippen LogP contribution in [0.2, 0.25) is 5.02 Å². The van der Waals surface area contributed by atoms with Crippen molar-refractivity contribution in [1.29, 1.82) is 0 Å². The van der Waals surface area contributed by atoms with Gasteiger partial charge in [-0.2, -0.15) is 0 Å². The molecular formula is C26H22ClNO5. The van der Waals surface area contributed by atoms with Gasteiger partial charge in [0.25, 0.3) is 11.7 Å². The second-order valence-electron chi connectivity index (χ2n) is 7.65. The van der Waals surface area contributed by atoms with Gasteiger partial charge in [-0.25, -0.2) is 0 Å². The highest BCUT2D eigenvalue weighted by molar-refractivity contribution is 6.51. The predicted molar refractivity (Wildman–Crippen MR) is 127 cm³/mol. The number of carbonyl (C=O) groups is 2. The summed E-state index contributed by atoms with van der Waals surface area (Å²) in [4.78, 5) is 27.6. The van der Waals surface area contributed by atoms with E-state index in [-0.39, 0.29) is 17.1 Å². The van der Waals surface area contributed by atoms with E-state index in [0.717, 1.165) is 5.56 Å². The van der Waals surface area contributed by atoms with Crippen molar-refractivity contribution in [2.75, 3.05) is 11.5 Å². The van der Waals surface area contributed by atoms with Crippen LogP contribution in [-0.2, 0) is 9.59 Å². The van der Waals surface area contributed by atoms with Crippen LogP contribution >= 0.6 is 11.6 Å². The van der Waals surface area contributed by atoms with Crippen LogP contribution in [0.15, 0.2) is 72.3 Å². The van der Waals surface area contributed by atoms with Gasteiger partial charge in [-0.3, -0.25) is 14.5 Å². The number of benzene rings is 3. The van der Waals surface area contributed by atoms with Gasteiger partial charge < -0.3 is 14.9 Å².